The van der Waals surface area contributed by atoms with Crippen LogP contribution in [0.3, 0.4) is 0 Å². The number of nitrogens with one attached hydrogen (secondary N) is 1. The number of benzene rings is 1. The Hall–Kier alpha value is -2.27. The van der Waals surface area contributed by atoms with E-state index in [2.05, 4.69) is 15.3 Å². The third kappa shape index (κ3) is 2.32. The zero-order valence-corrected chi connectivity index (χ0v) is 11.1. The van der Waals surface area contributed by atoms with Gasteiger partial charge in [0.1, 0.15) is 5.69 Å². The van der Waals surface area contributed by atoms with Crippen LogP contribution >= 0.6 is 11.3 Å². The predicted molar refractivity (Wildman–Crippen MR) is 76.5 cm³/mol. The first-order valence-electron chi connectivity index (χ1n) is 5.82. The van der Waals surface area contributed by atoms with E-state index in [0.717, 1.165) is 15.8 Å². The van der Waals surface area contributed by atoms with Gasteiger partial charge in [0.25, 0.3) is 5.91 Å². The molecule has 0 saturated carbocycles. The van der Waals surface area contributed by atoms with Crippen molar-refractivity contribution in [1.82, 2.24) is 9.97 Å². The third-order valence-electron chi connectivity index (χ3n) is 2.74. The molecule has 0 saturated heterocycles. The summed E-state index contributed by atoms with van der Waals surface area (Å²) >= 11 is 1.46. The van der Waals surface area contributed by atoms with Crippen molar-refractivity contribution in [2.24, 2.45) is 0 Å². The second-order valence-electron chi connectivity index (χ2n) is 4.11. The van der Waals surface area contributed by atoms with Crippen LogP contribution in [0, 0.1) is 6.92 Å². The summed E-state index contributed by atoms with van der Waals surface area (Å²) in [7, 11) is 0. The quantitative estimate of drug-likeness (QED) is 0.777. The fourth-order valence-corrected chi connectivity index (χ4v) is 2.74. The molecule has 1 aromatic carbocycles. The number of aromatic nitrogens is 2. The van der Waals surface area contributed by atoms with Crippen LogP contribution in [0.2, 0.25) is 0 Å². The number of fused-ring (bicyclic) bond motifs is 1. The van der Waals surface area contributed by atoms with E-state index in [9.17, 15) is 4.79 Å². The van der Waals surface area contributed by atoms with E-state index in [0.29, 0.717) is 10.8 Å². The van der Waals surface area contributed by atoms with Crippen molar-refractivity contribution < 1.29 is 4.79 Å². The average molecular weight is 269 g/mol. The topological polar surface area (TPSA) is 54.9 Å². The first kappa shape index (κ1) is 11.8. The molecule has 0 radical (unpaired) electrons. The number of amides is 1. The first-order chi connectivity index (χ1) is 9.24. The van der Waals surface area contributed by atoms with Crippen LogP contribution in [-0.2, 0) is 0 Å². The zero-order chi connectivity index (χ0) is 13.2. The molecular weight excluding hydrogens is 258 g/mol. The van der Waals surface area contributed by atoms with Gasteiger partial charge in [-0.05, 0) is 30.7 Å². The van der Waals surface area contributed by atoms with E-state index in [1.807, 2.05) is 25.1 Å². The minimum absolute atomic E-state index is 0.239. The molecule has 2 aromatic heterocycles. The highest BCUT2D eigenvalue weighted by Gasteiger charge is 2.11. The van der Waals surface area contributed by atoms with E-state index < -0.39 is 0 Å². The van der Waals surface area contributed by atoms with Crippen molar-refractivity contribution in [2.45, 2.75) is 6.92 Å². The van der Waals surface area contributed by atoms with Crippen LogP contribution in [0.25, 0.3) is 10.2 Å². The lowest BCUT2D eigenvalue weighted by molar-refractivity contribution is 0.102. The van der Waals surface area contributed by atoms with Gasteiger partial charge in [-0.3, -0.25) is 15.1 Å². The Morgan fingerprint density at radius 1 is 1.21 bits per heavy atom. The van der Waals surface area contributed by atoms with Crippen LogP contribution in [0.4, 0.5) is 5.13 Å². The van der Waals surface area contributed by atoms with Gasteiger partial charge >= 0.3 is 0 Å². The molecule has 0 aliphatic carbocycles. The van der Waals surface area contributed by atoms with Crippen molar-refractivity contribution in [3.8, 4) is 0 Å². The molecule has 94 valence electrons. The Morgan fingerprint density at radius 2 is 2.11 bits per heavy atom. The second-order valence-corrected chi connectivity index (χ2v) is 5.14. The van der Waals surface area contributed by atoms with Crippen LogP contribution in [0.1, 0.15) is 16.1 Å². The van der Waals surface area contributed by atoms with Crippen molar-refractivity contribution >= 4 is 32.6 Å². The lowest BCUT2D eigenvalue weighted by Gasteiger charge is -1.99. The number of pyridine rings is 1. The minimum Gasteiger partial charge on any atom is -0.296 e. The molecule has 0 fully saturated rings. The highest BCUT2D eigenvalue weighted by atomic mass is 32.1. The maximum atomic E-state index is 12.0. The number of anilines is 1. The third-order valence-corrected chi connectivity index (χ3v) is 3.67. The summed E-state index contributed by atoms with van der Waals surface area (Å²) in [6.07, 6.45) is 1.59. The zero-order valence-electron chi connectivity index (χ0n) is 10.3. The number of hydrogen-bond donors (Lipinski definition) is 1. The molecular formula is C14H11N3OS. The summed E-state index contributed by atoms with van der Waals surface area (Å²) in [5.41, 5.74) is 2.43. The van der Waals surface area contributed by atoms with Crippen molar-refractivity contribution in [3.63, 3.8) is 0 Å². The summed E-state index contributed by atoms with van der Waals surface area (Å²) in [6.45, 7) is 2.01. The smallest absolute Gasteiger partial charge is 0.276 e. The maximum Gasteiger partial charge on any atom is 0.276 e. The molecule has 0 aliphatic heterocycles. The van der Waals surface area contributed by atoms with E-state index in [1.165, 1.54) is 11.3 Å². The number of carbonyl (C=O) groups is 1. The van der Waals surface area contributed by atoms with Crippen LogP contribution < -0.4 is 5.32 Å². The maximum absolute atomic E-state index is 12.0. The van der Waals surface area contributed by atoms with Crippen molar-refractivity contribution in [3.05, 3.63) is 53.9 Å². The van der Waals surface area contributed by atoms with E-state index >= 15 is 0 Å². The molecule has 19 heavy (non-hydrogen) atoms. The minimum atomic E-state index is -0.239. The Bertz CT molecular complexity index is 737. The molecule has 0 bridgehead atoms. The van der Waals surface area contributed by atoms with Crippen LogP contribution in [0.15, 0.2) is 42.6 Å². The number of aryl methyl sites for hydroxylation is 1. The van der Waals surface area contributed by atoms with Gasteiger partial charge in [0.15, 0.2) is 5.13 Å². The van der Waals surface area contributed by atoms with Crippen molar-refractivity contribution in [1.29, 1.82) is 0 Å². The van der Waals surface area contributed by atoms with Gasteiger partial charge in [-0.1, -0.05) is 29.5 Å². The van der Waals surface area contributed by atoms with Crippen molar-refractivity contribution in [2.75, 3.05) is 5.32 Å². The molecule has 3 aromatic rings. The first-order valence-corrected chi connectivity index (χ1v) is 6.64. The highest BCUT2D eigenvalue weighted by molar-refractivity contribution is 7.22. The van der Waals surface area contributed by atoms with E-state index in [1.54, 1.807) is 24.4 Å². The fourth-order valence-electron chi connectivity index (χ4n) is 1.80. The summed E-state index contributed by atoms with van der Waals surface area (Å²) in [5, 5.41) is 3.38. The van der Waals surface area contributed by atoms with Gasteiger partial charge in [0.05, 0.1) is 10.2 Å². The Morgan fingerprint density at radius 3 is 2.84 bits per heavy atom. The van der Waals surface area contributed by atoms with Gasteiger partial charge in [0.2, 0.25) is 0 Å². The molecule has 1 amide bonds. The van der Waals surface area contributed by atoms with Gasteiger partial charge in [-0.15, -0.1) is 0 Å². The van der Waals surface area contributed by atoms with Gasteiger partial charge in [-0.2, -0.15) is 0 Å². The standard InChI is InChI=1S/C14H11N3OS/c1-9-5-4-7-11-12(9)16-14(19-11)17-13(18)10-6-2-3-8-15-10/h2-8H,1H3,(H,16,17,18). The summed E-state index contributed by atoms with van der Waals surface area (Å²) in [4.78, 5) is 20.4. The predicted octanol–water partition coefficient (Wildman–Crippen LogP) is 3.25. The highest BCUT2D eigenvalue weighted by Crippen LogP contribution is 2.27. The number of rotatable bonds is 2. The summed E-state index contributed by atoms with van der Waals surface area (Å²) in [6, 6.07) is 11.2. The number of hydrogen-bond acceptors (Lipinski definition) is 4. The largest absolute Gasteiger partial charge is 0.296 e. The molecule has 4 nitrogen and oxygen atoms in total. The normalized spacial score (nSPS) is 10.6. The Labute approximate surface area is 114 Å². The Balaban J connectivity index is 1.90. The van der Waals surface area contributed by atoms with Crippen LogP contribution in [0.5, 0.6) is 0 Å². The SMILES string of the molecule is Cc1cccc2sc(NC(=O)c3ccccn3)nc12. The summed E-state index contributed by atoms with van der Waals surface area (Å²) in [5.74, 6) is -0.239. The molecule has 3 rings (SSSR count). The monoisotopic (exact) mass is 269 g/mol. The summed E-state index contributed by atoms with van der Waals surface area (Å²) < 4.78 is 1.07. The second kappa shape index (κ2) is 4.78. The number of nitrogens with zero attached hydrogens (tertiary/aromatic N) is 2. The number of carbonyl (C=O) groups excluding carboxylic acids is 1. The fraction of sp³-hybridized carbons (Fsp3) is 0.0714. The Kier molecular flexibility index (Phi) is 2.97. The van der Waals surface area contributed by atoms with Gasteiger partial charge in [-0.25, -0.2) is 4.98 Å². The molecule has 0 aliphatic rings. The average Bonchev–Trinajstić information content (AvgIpc) is 2.84. The number of thiazole rings is 1. The molecule has 2 heterocycles. The molecule has 1 N–H and O–H groups in total. The van der Waals surface area contributed by atoms with Crippen LogP contribution in [-0.4, -0.2) is 15.9 Å². The van der Waals surface area contributed by atoms with E-state index in [4.69, 9.17) is 0 Å². The van der Waals surface area contributed by atoms with Gasteiger partial charge in [0, 0.05) is 6.20 Å². The van der Waals surface area contributed by atoms with E-state index in [-0.39, 0.29) is 5.91 Å². The lowest BCUT2D eigenvalue weighted by Crippen LogP contribution is -2.12. The lowest BCUT2D eigenvalue weighted by atomic mass is 10.2. The number of para-hydroxylation sites is 1. The molecule has 0 atom stereocenters. The molecule has 0 spiro atoms. The molecule has 5 heteroatoms. The van der Waals surface area contributed by atoms with Gasteiger partial charge < -0.3 is 0 Å². The molecule has 0 unspecified atom stereocenters.